The molecule has 168 valence electrons. The lowest BCUT2D eigenvalue weighted by Gasteiger charge is -2.32. The summed E-state index contributed by atoms with van der Waals surface area (Å²) in [6, 6.07) is 7.28. The van der Waals surface area contributed by atoms with Gasteiger partial charge < -0.3 is 24.3 Å². The quantitative estimate of drug-likeness (QED) is 0.493. The first-order valence-corrected chi connectivity index (χ1v) is 10.3. The van der Waals surface area contributed by atoms with Gasteiger partial charge in [0.15, 0.2) is 0 Å². The van der Waals surface area contributed by atoms with Gasteiger partial charge in [0.2, 0.25) is 5.88 Å². The van der Waals surface area contributed by atoms with E-state index in [1.165, 1.54) is 7.11 Å². The third-order valence-electron chi connectivity index (χ3n) is 5.26. The Hall–Kier alpha value is -3.57. The van der Waals surface area contributed by atoms with Crippen molar-refractivity contribution in [1.82, 2.24) is 4.98 Å². The van der Waals surface area contributed by atoms with E-state index in [1.807, 2.05) is 20.8 Å². The molecule has 0 radical (unpaired) electrons. The van der Waals surface area contributed by atoms with E-state index in [2.05, 4.69) is 16.4 Å². The average molecular weight is 437 g/mol. The molecule has 1 aliphatic rings. The van der Waals surface area contributed by atoms with Crippen LogP contribution in [-0.4, -0.2) is 45.0 Å². The maximum atomic E-state index is 13.2. The molecule has 2 aromatic rings. The van der Waals surface area contributed by atoms with Crippen LogP contribution in [0.4, 0.5) is 5.69 Å². The number of esters is 1. The number of hydrogen-bond acceptors (Lipinski definition) is 8. The summed E-state index contributed by atoms with van der Waals surface area (Å²) in [5.74, 6) is -0.136. The Balaban J connectivity index is 2.27. The molecule has 1 unspecified atom stereocenters. The zero-order valence-electron chi connectivity index (χ0n) is 18.9. The van der Waals surface area contributed by atoms with Crippen molar-refractivity contribution in [2.45, 2.75) is 26.7 Å². The number of ether oxygens (including phenoxy) is 4. The molecule has 0 bridgehead atoms. The van der Waals surface area contributed by atoms with E-state index in [1.54, 1.807) is 31.5 Å². The lowest BCUT2D eigenvalue weighted by molar-refractivity contribution is -0.140. The fraction of sp³-hybridized carbons (Fsp3) is 0.375. The van der Waals surface area contributed by atoms with Crippen LogP contribution in [-0.2, 0) is 14.3 Å². The Kier molecular flexibility index (Phi) is 7.33. The van der Waals surface area contributed by atoms with Crippen LogP contribution in [0.25, 0.3) is 0 Å². The van der Waals surface area contributed by atoms with Crippen molar-refractivity contribution in [3.05, 3.63) is 57.9 Å². The molecule has 8 nitrogen and oxygen atoms in total. The number of aryl methyl sites for hydroxylation is 1. The van der Waals surface area contributed by atoms with Crippen LogP contribution < -0.4 is 14.8 Å². The predicted octanol–water partition coefficient (Wildman–Crippen LogP) is 3.69. The number of rotatable bonds is 8. The number of nitrogens with one attached hydrogen (secondary N) is 1. The summed E-state index contributed by atoms with van der Waals surface area (Å²) in [6.45, 7) is 6.48. The van der Waals surface area contributed by atoms with E-state index in [9.17, 15) is 10.1 Å². The second kappa shape index (κ2) is 10.2. The molecule has 0 saturated carbocycles. The minimum Gasteiger partial charge on any atom is -0.496 e. The van der Waals surface area contributed by atoms with Gasteiger partial charge in [0.25, 0.3) is 0 Å². The van der Waals surface area contributed by atoms with Gasteiger partial charge in [0.05, 0.1) is 54.7 Å². The molecular formula is C24H27N3O5. The smallest absolute Gasteiger partial charge is 0.336 e. The molecule has 1 aliphatic heterocycles. The molecule has 0 fully saturated rings. The van der Waals surface area contributed by atoms with E-state index >= 15 is 0 Å². The van der Waals surface area contributed by atoms with Crippen LogP contribution in [0.2, 0.25) is 0 Å². The molecule has 3 rings (SSSR count). The van der Waals surface area contributed by atoms with Gasteiger partial charge in [-0.1, -0.05) is 6.07 Å². The highest BCUT2D eigenvalue weighted by atomic mass is 16.6. The zero-order chi connectivity index (χ0) is 23.3. The van der Waals surface area contributed by atoms with Crippen LogP contribution in [0.15, 0.2) is 35.7 Å². The molecule has 0 amide bonds. The molecule has 0 spiro atoms. The fourth-order valence-corrected chi connectivity index (χ4v) is 3.81. The minimum atomic E-state index is -0.571. The normalized spacial score (nSPS) is 14.8. The van der Waals surface area contributed by atoms with Gasteiger partial charge in [-0.25, -0.2) is 9.78 Å². The van der Waals surface area contributed by atoms with Gasteiger partial charge in [-0.05, 0) is 38.5 Å². The minimum absolute atomic E-state index is 0.126. The third-order valence-corrected chi connectivity index (χ3v) is 5.26. The summed E-state index contributed by atoms with van der Waals surface area (Å²) >= 11 is 0. The molecule has 2 heterocycles. The Bertz CT molecular complexity index is 1090. The maximum absolute atomic E-state index is 13.2. The number of fused-ring (bicyclic) bond motifs is 1. The number of anilines is 1. The molecule has 1 N–H and O–H groups in total. The van der Waals surface area contributed by atoms with Gasteiger partial charge in [-0.3, -0.25) is 0 Å². The summed E-state index contributed by atoms with van der Waals surface area (Å²) < 4.78 is 22.0. The average Bonchev–Trinajstić information content (AvgIpc) is 2.80. The van der Waals surface area contributed by atoms with Gasteiger partial charge in [0.1, 0.15) is 12.4 Å². The number of aromatic nitrogens is 1. The lowest BCUT2D eigenvalue weighted by atomic mass is 9.79. The summed E-state index contributed by atoms with van der Waals surface area (Å²) in [5, 5.41) is 12.7. The molecule has 0 aliphatic carbocycles. The highest BCUT2D eigenvalue weighted by Gasteiger charge is 2.38. The third kappa shape index (κ3) is 4.39. The number of nitrogens with zero attached hydrogens (tertiary/aromatic N) is 2. The van der Waals surface area contributed by atoms with Gasteiger partial charge in [-0.15, -0.1) is 0 Å². The second-order valence-electron chi connectivity index (χ2n) is 7.26. The van der Waals surface area contributed by atoms with Crippen LogP contribution in [0, 0.1) is 18.3 Å². The number of nitriles is 1. The second-order valence-corrected chi connectivity index (χ2v) is 7.26. The molecule has 1 atom stereocenters. The largest absolute Gasteiger partial charge is 0.496 e. The Morgan fingerprint density at radius 3 is 2.69 bits per heavy atom. The van der Waals surface area contributed by atoms with Crippen molar-refractivity contribution < 1.29 is 23.7 Å². The van der Waals surface area contributed by atoms with Crippen molar-refractivity contribution >= 4 is 11.7 Å². The van der Waals surface area contributed by atoms with Crippen molar-refractivity contribution in [3.8, 4) is 17.7 Å². The first kappa shape index (κ1) is 23.1. The number of allylic oxidation sites excluding steroid dienone is 1. The SMILES string of the molecule is CCOc1ncc(C)c2c1C(c1ccc(C#N)cc1OC)C(C(=O)OCCOC)=C(C)N2. The first-order valence-electron chi connectivity index (χ1n) is 10.3. The number of benzene rings is 1. The van der Waals surface area contributed by atoms with E-state index in [0.29, 0.717) is 40.6 Å². The summed E-state index contributed by atoms with van der Waals surface area (Å²) in [7, 11) is 3.08. The predicted molar refractivity (Wildman–Crippen MR) is 119 cm³/mol. The molecule has 1 aromatic carbocycles. The van der Waals surface area contributed by atoms with E-state index in [-0.39, 0.29) is 13.2 Å². The number of hydrogen-bond donors (Lipinski definition) is 1. The Morgan fingerprint density at radius 1 is 1.25 bits per heavy atom. The maximum Gasteiger partial charge on any atom is 0.336 e. The molecular weight excluding hydrogens is 410 g/mol. The topological polar surface area (TPSA) is 103 Å². The molecule has 0 saturated heterocycles. The fourth-order valence-electron chi connectivity index (χ4n) is 3.81. The summed E-state index contributed by atoms with van der Waals surface area (Å²) in [5.41, 5.74) is 4.70. The summed E-state index contributed by atoms with van der Waals surface area (Å²) in [6.07, 6.45) is 1.74. The lowest BCUT2D eigenvalue weighted by Crippen LogP contribution is -2.27. The van der Waals surface area contributed by atoms with Crippen molar-refractivity contribution in [1.29, 1.82) is 5.26 Å². The van der Waals surface area contributed by atoms with Gasteiger partial charge in [0, 0.05) is 24.6 Å². The molecule has 1 aromatic heterocycles. The van der Waals surface area contributed by atoms with E-state index < -0.39 is 11.9 Å². The van der Waals surface area contributed by atoms with Crippen molar-refractivity contribution in [3.63, 3.8) is 0 Å². The highest BCUT2D eigenvalue weighted by Crippen LogP contribution is 2.49. The number of methoxy groups -OCH3 is 2. The van der Waals surface area contributed by atoms with Gasteiger partial charge >= 0.3 is 5.97 Å². The summed E-state index contributed by atoms with van der Waals surface area (Å²) in [4.78, 5) is 17.7. The van der Waals surface area contributed by atoms with Gasteiger partial charge in [-0.2, -0.15) is 5.26 Å². The number of carbonyl (C=O) groups is 1. The van der Waals surface area contributed by atoms with Crippen molar-refractivity contribution in [2.24, 2.45) is 0 Å². The van der Waals surface area contributed by atoms with E-state index in [0.717, 1.165) is 16.8 Å². The zero-order valence-corrected chi connectivity index (χ0v) is 18.9. The number of carbonyl (C=O) groups excluding carboxylic acids is 1. The monoisotopic (exact) mass is 437 g/mol. The molecule has 32 heavy (non-hydrogen) atoms. The number of pyridine rings is 1. The molecule has 8 heteroatoms. The van der Waals surface area contributed by atoms with Crippen molar-refractivity contribution in [2.75, 3.05) is 39.4 Å². The van der Waals surface area contributed by atoms with Crippen LogP contribution >= 0.6 is 0 Å². The Labute approximate surface area is 187 Å². The van der Waals surface area contributed by atoms with Crippen LogP contribution in [0.1, 0.15) is 42.0 Å². The standard InChI is InChI=1S/C24H27N3O5/c1-6-31-23-21-20(17-8-7-16(12-25)11-18(17)30-5)19(24(28)32-10-9-29-4)15(3)27-22(21)14(2)13-26-23/h7-8,11,13,20,27H,6,9-10H2,1-5H3. The first-order chi connectivity index (χ1) is 15.5. The van der Waals surface area contributed by atoms with Crippen LogP contribution in [0.5, 0.6) is 11.6 Å². The Morgan fingerprint density at radius 2 is 2.03 bits per heavy atom. The van der Waals surface area contributed by atoms with E-state index in [4.69, 9.17) is 18.9 Å². The highest BCUT2D eigenvalue weighted by molar-refractivity contribution is 5.95. The van der Waals surface area contributed by atoms with Crippen LogP contribution in [0.3, 0.4) is 0 Å².